The maximum absolute atomic E-state index is 11.4. The summed E-state index contributed by atoms with van der Waals surface area (Å²) in [5, 5.41) is -0.190. The summed E-state index contributed by atoms with van der Waals surface area (Å²) in [4.78, 5) is 0. The summed E-state index contributed by atoms with van der Waals surface area (Å²) in [6.07, 6.45) is 0. The number of hydrogen-bond donors (Lipinski definition) is 0. The second kappa shape index (κ2) is 6.06. The van der Waals surface area contributed by atoms with E-state index >= 15 is 0 Å². The van der Waals surface area contributed by atoms with E-state index < -0.39 is 10.0 Å². The molecule has 0 aliphatic heterocycles. The molecule has 0 bridgehead atoms. The van der Waals surface area contributed by atoms with Gasteiger partial charge in [-0.3, -0.25) is 0 Å². The summed E-state index contributed by atoms with van der Waals surface area (Å²) in [5.41, 5.74) is 0. The first-order valence-electron chi connectivity index (χ1n) is 4.12. The summed E-state index contributed by atoms with van der Waals surface area (Å²) < 4.78 is 24.2. The van der Waals surface area contributed by atoms with Gasteiger partial charge < -0.3 is 0 Å². The fourth-order valence-electron chi connectivity index (χ4n) is 0.901. The van der Waals surface area contributed by atoms with Crippen LogP contribution in [0.15, 0.2) is 0 Å². The fraction of sp³-hybridized carbons (Fsp3) is 1.00. The van der Waals surface area contributed by atoms with Crippen LogP contribution in [0.1, 0.15) is 13.8 Å². The first kappa shape index (κ1) is 13.5. The Bertz CT molecular complexity index is 229. The van der Waals surface area contributed by atoms with E-state index in [1.54, 1.807) is 13.8 Å². The molecule has 0 aromatic carbocycles. The molecular weight excluding hydrogens is 233 g/mol. The van der Waals surface area contributed by atoms with Crippen molar-refractivity contribution in [2.75, 3.05) is 24.7 Å². The van der Waals surface area contributed by atoms with Gasteiger partial charge in [-0.25, -0.2) is 8.42 Å². The van der Waals surface area contributed by atoms with Crippen molar-refractivity contribution in [2.45, 2.75) is 19.2 Å². The van der Waals surface area contributed by atoms with E-state index in [2.05, 4.69) is 0 Å². The van der Waals surface area contributed by atoms with Crippen molar-refractivity contribution < 1.29 is 8.42 Å². The molecule has 80 valence electrons. The molecule has 0 aromatic heterocycles. The van der Waals surface area contributed by atoms with Crippen LogP contribution < -0.4 is 0 Å². The van der Waals surface area contributed by atoms with E-state index in [0.717, 1.165) is 0 Å². The van der Waals surface area contributed by atoms with E-state index in [9.17, 15) is 8.42 Å². The Balaban J connectivity index is 4.41. The van der Waals surface area contributed by atoms with Crippen LogP contribution in [-0.2, 0) is 10.0 Å². The van der Waals surface area contributed by atoms with Crippen molar-refractivity contribution >= 4 is 33.2 Å². The van der Waals surface area contributed by atoms with Crippen molar-refractivity contribution in [3.63, 3.8) is 0 Å². The van der Waals surface area contributed by atoms with Crippen LogP contribution in [0.2, 0.25) is 0 Å². The molecule has 0 spiro atoms. The minimum atomic E-state index is -3.15. The number of nitrogens with zero attached hydrogens (tertiary/aromatic N) is 1. The van der Waals surface area contributed by atoms with Gasteiger partial charge >= 0.3 is 0 Å². The molecule has 0 fully saturated rings. The molecule has 1 unspecified atom stereocenters. The molecule has 0 radical (unpaired) electrons. The Morgan fingerprint density at radius 2 is 2.00 bits per heavy atom. The molecule has 0 aromatic rings. The van der Waals surface area contributed by atoms with E-state index in [1.165, 1.54) is 4.31 Å². The average molecular weight is 248 g/mol. The van der Waals surface area contributed by atoms with Crippen molar-refractivity contribution in [1.29, 1.82) is 0 Å². The zero-order chi connectivity index (χ0) is 10.5. The Morgan fingerprint density at radius 3 is 2.31 bits per heavy atom. The van der Waals surface area contributed by atoms with Gasteiger partial charge in [-0.15, -0.1) is 23.2 Å². The Morgan fingerprint density at radius 1 is 1.46 bits per heavy atom. The number of halogens is 2. The molecule has 1 atom stereocenters. The van der Waals surface area contributed by atoms with Gasteiger partial charge in [0.05, 0.1) is 5.75 Å². The summed E-state index contributed by atoms with van der Waals surface area (Å²) >= 11 is 11.2. The van der Waals surface area contributed by atoms with E-state index in [1.807, 2.05) is 0 Å². The summed E-state index contributed by atoms with van der Waals surface area (Å²) in [5.74, 6) is 0.385. The first-order valence-corrected chi connectivity index (χ1v) is 6.70. The number of rotatable bonds is 6. The maximum Gasteiger partial charge on any atom is 0.213 e. The lowest BCUT2D eigenvalue weighted by Crippen LogP contribution is -2.37. The highest BCUT2D eigenvalue weighted by molar-refractivity contribution is 7.89. The first-order chi connectivity index (χ1) is 5.94. The lowest BCUT2D eigenvalue weighted by atomic mass is 10.5. The fourth-order valence-corrected chi connectivity index (χ4v) is 2.64. The highest BCUT2D eigenvalue weighted by Crippen LogP contribution is 2.06. The molecule has 0 amide bonds. The van der Waals surface area contributed by atoms with Gasteiger partial charge in [0.2, 0.25) is 10.0 Å². The van der Waals surface area contributed by atoms with E-state index in [0.29, 0.717) is 19.0 Å². The quantitative estimate of drug-likeness (QED) is 0.668. The van der Waals surface area contributed by atoms with Crippen molar-refractivity contribution in [1.82, 2.24) is 4.31 Å². The Hall–Kier alpha value is 0.490. The Kier molecular flexibility index (Phi) is 6.29. The zero-order valence-corrected chi connectivity index (χ0v) is 10.2. The summed E-state index contributed by atoms with van der Waals surface area (Å²) in [6, 6.07) is 0. The average Bonchev–Trinajstić information content (AvgIpc) is 2.03. The predicted octanol–water partition coefficient (Wildman–Crippen LogP) is 1.50. The molecule has 6 heteroatoms. The maximum atomic E-state index is 11.4. The molecular formula is C7H15Cl2NO2S. The monoisotopic (exact) mass is 247 g/mol. The molecule has 0 aliphatic carbocycles. The van der Waals surface area contributed by atoms with Crippen LogP contribution in [0.5, 0.6) is 0 Å². The van der Waals surface area contributed by atoms with Crippen LogP contribution in [0.25, 0.3) is 0 Å². The summed E-state index contributed by atoms with van der Waals surface area (Å²) in [6.45, 7) is 4.02. The van der Waals surface area contributed by atoms with Gasteiger partial charge in [-0.2, -0.15) is 4.31 Å². The third-order valence-corrected chi connectivity index (χ3v) is 3.70. The normalized spacial score (nSPS) is 14.8. The topological polar surface area (TPSA) is 37.4 Å². The van der Waals surface area contributed by atoms with Crippen molar-refractivity contribution in [2.24, 2.45) is 0 Å². The van der Waals surface area contributed by atoms with Crippen molar-refractivity contribution in [3.8, 4) is 0 Å². The SMILES string of the molecule is CCS(=O)(=O)N(CCCl)CC(C)Cl. The smallest absolute Gasteiger partial charge is 0.212 e. The van der Waals surface area contributed by atoms with Crippen LogP contribution in [0.3, 0.4) is 0 Å². The van der Waals surface area contributed by atoms with E-state index in [-0.39, 0.29) is 11.1 Å². The van der Waals surface area contributed by atoms with Crippen LogP contribution in [-0.4, -0.2) is 42.8 Å². The van der Waals surface area contributed by atoms with Gasteiger partial charge in [-0.05, 0) is 13.8 Å². The third kappa shape index (κ3) is 5.05. The van der Waals surface area contributed by atoms with Gasteiger partial charge in [0.15, 0.2) is 0 Å². The van der Waals surface area contributed by atoms with Gasteiger partial charge in [0, 0.05) is 24.3 Å². The number of alkyl halides is 2. The lowest BCUT2D eigenvalue weighted by molar-refractivity contribution is 0.432. The lowest BCUT2D eigenvalue weighted by Gasteiger charge is -2.21. The second-order valence-electron chi connectivity index (χ2n) is 2.73. The molecule has 13 heavy (non-hydrogen) atoms. The minimum Gasteiger partial charge on any atom is -0.212 e. The summed E-state index contributed by atoms with van der Waals surface area (Å²) in [7, 11) is -3.15. The number of sulfonamides is 1. The molecule has 0 saturated carbocycles. The van der Waals surface area contributed by atoms with Crippen molar-refractivity contribution in [3.05, 3.63) is 0 Å². The highest BCUT2D eigenvalue weighted by atomic mass is 35.5. The van der Waals surface area contributed by atoms with E-state index in [4.69, 9.17) is 23.2 Å². The minimum absolute atomic E-state index is 0.0908. The zero-order valence-electron chi connectivity index (χ0n) is 7.83. The van der Waals surface area contributed by atoms with Gasteiger partial charge in [-0.1, -0.05) is 0 Å². The predicted molar refractivity (Wildman–Crippen MR) is 57.1 cm³/mol. The van der Waals surface area contributed by atoms with Gasteiger partial charge in [0.25, 0.3) is 0 Å². The molecule has 0 saturated heterocycles. The molecule has 0 N–H and O–H groups in total. The third-order valence-electron chi connectivity index (χ3n) is 1.55. The molecule has 3 nitrogen and oxygen atoms in total. The second-order valence-corrected chi connectivity index (χ2v) is 6.11. The van der Waals surface area contributed by atoms with Crippen LogP contribution in [0.4, 0.5) is 0 Å². The molecule has 0 heterocycles. The molecule has 0 aliphatic rings. The van der Waals surface area contributed by atoms with Crippen LogP contribution >= 0.6 is 23.2 Å². The van der Waals surface area contributed by atoms with Crippen LogP contribution in [0, 0.1) is 0 Å². The largest absolute Gasteiger partial charge is 0.213 e. The highest BCUT2D eigenvalue weighted by Gasteiger charge is 2.20. The standard InChI is InChI=1S/C7H15Cl2NO2S/c1-3-13(11,12)10(5-4-8)6-7(2)9/h7H,3-6H2,1-2H3. The Labute approximate surface area is 90.1 Å². The number of hydrogen-bond acceptors (Lipinski definition) is 2. The van der Waals surface area contributed by atoms with Gasteiger partial charge in [0.1, 0.15) is 0 Å². The molecule has 0 rings (SSSR count).